The lowest BCUT2D eigenvalue weighted by molar-refractivity contribution is -0.125. The van der Waals surface area contributed by atoms with Crippen LogP contribution >= 0.6 is 0 Å². The fraction of sp³-hybridized carbons (Fsp3) is 0.533. The molecule has 1 aromatic carbocycles. The average molecular weight is 328 g/mol. The van der Waals surface area contributed by atoms with Crippen LogP contribution in [0.3, 0.4) is 0 Å². The second-order valence-electron chi connectivity index (χ2n) is 4.88. The molecule has 0 aliphatic heterocycles. The maximum Gasteiger partial charge on any atom is 0.246 e. The highest BCUT2D eigenvalue weighted by Crippen LogP contribution is 2.19. The van der Waals surface area contributed by atoms with Gasteiger partial charge in [0.25, 0.3) is 0 Å². The van der Waals surface area contributed by atoms with E-state index in [9.17, 15) is 13.2 Å². The Hall–Kier alpha value is -1.44. The summed E-state index contributed by atoms with van der Waals surface area (Å²) in [5.74, 6) is -0.213. The molecule has 0 saturated heterocycles. The Morgan fingerprint density at radius 2 is 1.77 bits per heavy atom. The van der Waals surface area contributed by atoms with Crippen molar-refractivity contribution in [2.45, 2.75) is 31.7 Å². The molecule has 1 atom stereocenters. The standard InChI is InChI=1S/C15H24N2O4S/c1-5-17(6-2)22(19,20)14-9-7-13(8-10-14)12(3)16-15(18)11-21-4/h7-10,12H,5-6,11H2,1-4H3,(H,16,18)/t12-/m1/s1. The van der Waals surface area contributed by atoms with Crippen LogP contribution in [0.2, 0.25) is 0 Å². The third-order valence-electron chi connectivity index (χ3n) is 3.38. The molecule has 0 saturated carbocycles. The normalized spacial score (nSPS) is 13.1. The number of hydrogen-bond donors (Lipinski definition) is 1. The largest absolute Gasteiger partial charge is 0.375 e. The zero-order valence-corrected chi connectivity index (χ0v) is 14.3. The molecule has 7 heteroatoms. The lowest BCUT2D eigenvalue weighted by Crippen LogP contribution is -2.31. The van der Waals surface area contributed by atoms with Gasteiger partial charge < -0.3 is 10.1 Å². The Bertz CT molecular complexity index is 580. The number of sulfonamides is 1. The minimum Gasteiger partial charge on any atom is -0.375 e. The van der Waals surface area contributed by atoms with Gasteiger partial charge in [0.2, 0.25) is 15.9 Å². The van der Waals surface area contributed by atoms with Gasteiger partial charge in [-0.2, -0.15) is 4.31 Å². The van der Waals surface area contributed by atoms with Crippen molar-refractivity contribution in [2.75, 3.05) is 26.8 Å². The van der Waals surface area contributed by atoms with E-state index in [0.717, 1.165) is 5.56 Å². The highest BCUT2D eigenvalue weighted by Gasteiger charge is 2.21. The number of hydrogen-bond acceptors (Lipinski definition) is 4. The first-order valence-electron chi connectivity index (χ1n) is 7.25. The lowest BCUT2D eigenvalue weighted by Gasteiger charge is -2.19. The van der Waals surface area contributed by atoms with Crippen molar-refractivity contribution in [1.29, 1.82) is 0 Å². The van der Waals surface area contributed by atoms with Gasteiger partial charge in [0.15, 0.2) is 0 Å². The monoisotopic (exact) mass is 328 g/mol. The molecular weight excluding hydrogens is 304 g/mol. The van der Waals surface area contributed by atoms with Crippen molar-refractivity contribution >= 4 is 15.9 Å². The first-order valence-corrected chi connectivity index (χ1v) is 8.69. The molecule has 0 unspecified atom stereocenters. The number of ether oxygens (including phenoxy) is 1. The molecule has 0 fully saturated rings. The molecule has 6 nitrogen and oxygen atoms in total. The Morgan fingerprint density at radius 3 is 2.23 bits per heavy atom. The topological polar surface area (TPSA) is 75.7 Å². The third-order valence-corrected chi connectivity index (χ3v) is 5.44. The van der Waals surface area contributed by atoms with Crippen LogP contribution in [0.25, 0.3) is 0 Å². The maximum absolute atomic E-state index is 12.4. The summed E-state index contributed by atoms with van der Waals surface area (Å²) in [6, 6.07) is 6.36. The van der Waals surface area contributed by atoms with Crippen molar-refractivity contribution in [3.05, 3.63) is 29.8 Å². The predicted octanol–water partition coefficient (Wildman–Crippen LogP) is 1.54. The van der Waals surface area contributed by atoms with E-state index < -0.39 is 10.0 Å². The smallest absolute Gasteiger partial charge is 0.246 e. The summed E-state index contributed by atoms with van der Waals surface area (Å²) in [7, 11) is -1.99. The summed E-state index contributed by atoms with van der Waals surface area (Å²) in [6.07, 6.45) is 0. The van der Waals surface area contributed by atoms with E-state index in [2.05, 4.69) is 5.32 Å². The number of carbonyl (C=O) groups is 1. The number of rotatable bonds is 8. The summed E-state index contributed by atoms with van der Waals surface area (Å²) >= 11 is 0. The van der Waals surface area contributed by atoms with Crippen LogP contribution in [-0.4, -0.2) is 45.4 Å². The summed E-state index contributed by atoms with van der Waals surface area (Å²) in [4.78, 5) is 11.7. The SMILES string of the molecule is CCN(CC)S(=O)(=O)c1ccc([C@@H](C)NC(=O)COC)cc1. The number of amides is 1. The lowest BCUT2D eigenvalue weighted by atomic mass is 10.1. The van der Waals surface area contributed by atoms with Gasteiger partial charge in [0.05, 0.1) is 10.9 Å². The third kappa shape index (κ3) is 4.53. The van der Waals surface area contributed by atoms with Gasteiger partial charge >= 0.3 is 0 Å². The number of nitrogens with zero attached hydrogens (tertiary/aromatic N) is 1. The van der Waals surface area contributed by atoms with Gasteiger partial charge in [-0.15, -0.1) is 0 Å². The molecule has 1 amide bonds. The fourth-order valence-electron chi connectivity index (χ4n) is 2.14. The van der Waals surface area contributed by atoms with Crippen molar-refractivity contribution < 1.29 is 17.9 Å². The molecule has 124 valence electrons. The first kappa shape index (κ1) is 18.6. The minimum absolute atomic E-state index is 0.00123. The van der Waals surface area contributed by atoms with Crippen LogP contribution in [0.1, 0.15) is 32.4 Å². The van der Waals surface area contributed by atoms with Gasteiger partial charge in [0.1, 0.15) is 6.61 Å². The van der Waals surface area contributed by atoms with Crippen LogP contribution in [0, 0.1) is 0 Å². The number of methoxy groups -OCH3 is 1. The number of nitrogens with one attached hydrogen (secondary N) is 1. The number of benzene rings is 1. The van der Waals surface area contributed by atoms with Crippen molar-refractivity contribution in [2.24, 2.45) is 0 Å². The molecule has 0 radical (unpaired) electrons. The summed E-state index contributed by atoms with van der Waals surface area (Å²) < 4.78 is 30.9. The molecule has 1 aromatic rings. The van der Waals surface area contributed by atoms with Crippen LogP contribution < -0.4 is 5.32 Å². The van der Waals surface area contributed by atoms with Gasteiger partial charge in [-0.25, -0.2) is 8.42 Å². The van der Waals surface area contributed by atoms with Gasteiger partial charge in [-0.1, -0.05) is 26.0 Å². The van der Waals surface area contributed by atoms with Gasteiger partial charge in [-0.05, 0) is 24.6 Å². The first-order chi connectivity index (χ1) is 10.4. The van der Waals surface area contributed by atoms with Crippen LogP contribution in [0.4, 0.5) is 0 Å². The fourth-order valence-corrected chi connectivity index (χ4v) is 3.60. The molecule has 0 aromatic heterocycles. The van der Waals surface area contributed by atoms with Gasteiger partial charge in [-0.3, -0.25) is 4.79 Å². The Balaban J connectivity index is 2.88. The highest BCUT2D eigenvalue weighted by atomic mass is 32.2. The molecule has 22 heavy (non-hydrogen) atoms. The van der Waals surface area contributed by atoms with E-state index in [4.69, 9.17) is 4.74 Å². The van der Waals surface area contributed by atoms with Crippen molar-refractivity contribution in [3.8, 4) is 0 Å². The van der Waals surface area contributed by atoms with Crippen molar-refractivity contribution in [3.63, 3.8) is 0 Å². The minimum atomic E-state index is -3.45. The predicted molar refractivity (Wildman–Crippen MR) is 85.0 cm³/mol. The van der Waals surface area contributed by atoms with Crippen molar-refractivity contribution in [1.82, 2.24) is 9.62 Å². The molecule has 0 bridgehead atoms. The zero-order chi connectivity index (χ0) is 16.8. The van der Waals surface area contributed by atoms with Crippen LogP contribution in [0.5, 0.6) is 0 Å². The maximum atomic E-state index is 12.4. The van der Waals surface area contributed by atoms with E-state index in [1.54, 1.807) is 24.3 Å². The molecule has 0 spiro atoms. The highest BCUT2D eigenvalue weighted by molar-refractivity contribution is 7.89. The quantitative estimate of drug-likeness (QED) is 0.785. The zero-order valence-electron chi connectivity index (χ0n) is 13.5. The van der Waals surface area contributed by atoms with E-state index >= 15 is 0 Å². The van der Waals surface area contributed by atoms with E-state index in [1.165, 1.54) is 11.4 Å². The number of carbonyl (C=O) groups excluding carboxylic acids is 1. The summed E-state index contributed by atoms with van der Waals surface area (Å²) in [6.45, 7) is 6.32. The molecule has 0 heterocycles. The van der Waals surface area contributed by atoms with Crippen LogP contribution in [0.15, 0.2) is 29.2 Å². The molecule has 1 rings (SSSR count). The second-order valence-corrected chi connectivity index (χ2v) is 6.82. The molecule has 0 aliphatic carbocycles. The molecular formula is C15H24N2O4S. The van der Waals surface area contributed by atoms with E-state index in [0.29, 0.717) is 13.1 Å². The van der Waals surface area contributed by atoms with E-state index in [1.807, 2.05) is 20.8 Å². The Kier molecular flexibility index (Phi) is 6.99. The second kappa shape index (κ2) is 8.26. The Labute approximate surface area is 132 Å². The Morgan fingerprint density at radius 1 is 1.23 bits per heavy atom. The van der Waals surface area contributed by atoms with Gasteiger partial charge in [0, 0.05) is 20.2 Å². The average Bonchev–Trinajstić information content (AvgIpc) is 2.48. The molecule has 1 N–H and O–H groups in total. The summed E-state index contributed by atoms with van der Waals surface area (Å²) in [5, 5.41) is 2.78. The van der Waals surface area contributed by atoms with Crippen LogP contribution in [-0.2, 0) is 19.6 Å². The molecule has 0 aliphatic rings. The van der Waals surface area contributed by atoms with E-state index in [-0.39, 0.29) is 23.5 Å². The summed E-state index contributed by atoms with van der Waals surface area (Å²) in [5.41, 5.74) is 0.836.